The first kappa shape index (κ1) is 17.2. The number of pyridine rings is 1. The van der Waals surface area contributed by atoms with Crippen molar-refractivity contribution in [3.8, 4) is 0 Å². The molecule has 2 saturated heterocycles. The summed E-state index contributed by atoms with van der Waals surface area (Å²) in [6.07, 6.45) is 4.28. The fraction of sp³-hybridized carbons (Fsp3) is 0.500. The minimum absolute atomic E-state index is 0.0291. The summed E-state index contributed by atoms with van der Waals surface area (Å²) in [5.41, 5.74) is 3.08. The van der Waals surface area contributed by atoms with Crippen molar-refractivity contribution in [2.75, 3.05) is 26.2 Å². The fourth-order valence-corrected chi connectivity index (χ4v) is 3.92. The van der Waals surface area contributed by atoms with Crippen molar-refractivity contribution in [3.05, 3.63) is 53.7 Å². The van der Waals surface area contributed by atoms with E-state index in [0.717, 1.165) is 43.0 Å². The van der Waals surface area contributed by atoms with E-state index in [1.54, 1.807) is 12.5 Å². The van der Waals surface area contributed by atoms with Crippen LogP contribution in [0.4, 0.5) is 0 Å². The van der Waals surface area contributed by atoms with Gasteiger partial charge in [0.1, 0.15) is 0 Å². The summed E-state index contributed by atoms with van der Waals surface area (Å²) in [6, 6.07) is 7.94. The van der Waals surface area contributed by atoms with E-state index in [0.29, 0.717) is 19.7 Å². The first-order valence-electron chi connectivity index (χ1n) is 9.25. The number of hydrogen-bond acceptors (Lipinski definition) is 5. The first-order chi connectivity index (χ1) is 12.7. The molecular formula is C20H25N3O3. The highest BCUT2D eigenvalue weighted by atomic mass is 16.5. The van der Waals surface area contributed by atoms with Crippen LogP contribution in [0, 0.1) is 12.8 Å². The molecule has 0 N–H and O–H groups in total. The summed E-state index contributed by atoms with van der Waals surface area (Å²) in [5, 5.41) is 0. The molecule has 0 unspecified atom stereocenters. The lowest BCUT2D eigenvalue weighted by Gasteiger charge is -2.36. The number of amides is 1. The van der Waals surface area contributed by atoms with Crippen LogP contribution >= 0.6 is 0 Å². The molecule has 4 rings (SSSR count). The lowest BCUT2D eigenvalue weighted by atomic mass is 9.92. The van der Waals surface area contributed by atoms with Crippen molar-refractivity contribution >= 4 is 5.91 Å². The van der Waals surface area contributed by atoms with Crippen LogP contribution in [0.15, 0.2) is 41.2 Å². The molecule has 6 heteroatoms. The summed E-state index contributed by atoms with van der Waals surface area (Å²) in [4.78, 5) is 21.9. The summed E-state index contributed by atoms with van der Waals surface area (Å²) >= 11 is 0. The third-order valence-electron chi connectivity index (χ3n) is 5.25. The number of hydrogen-bond donors (Lipinski definition) is 0. The van der Waals surface area contributed by atoms with Crippen molar-refractivity contribution in [1.29, 1.82) is 0 Å². The van der Waals surface area contributed by atoms with Gasteiger partial charge in [-0.2, -0.15) is 0 Å². The minimum Gasteiger partial charge on any atom is -0.472 e. The van der Waals surface area contributed by atoms with E-state index in [-0.39, 0.29) is 17.9 Å². The Morgan fingerprint density at radius 2 is 2.15 bits per heavy atom. The van der Waals surface area contributed by atoms with E-state index in [4.69, 9.17) is 9.15 Å². The van der Waals surface area contributed by atoms with Gasteiger partial charge >= 0.3 is 0 Å². The molecule has 0 saturated carbocycles. The average molecular weight is 355 g/mol. The summed E-state index contributed by atoms with van der Waals surface area (Å²) in [6.45, 7) is 6.28. The first-order valence-corrected chi connectivity index (χ1v) is 9.25. The van der Waals surface area contributed by atoms with Gasteiger partial charge in [-0.1, -0.05) is 6.07 Å². The van der Waals surface area contributed by atoms with Gasteiger partial charge in [-0.05, 0) is 38.1 Å². The number of aryl methyl sites for hydroxylation is 1. The number of likely N-dealkylation sites (tertiary alicyclic amines) is 1. The molecule has 6 nitrogen and oxygen atoms in total. The molecule has 26 heavy (non-hydrogen) atoms. The van der Waals surface area contributed by atoms with Crippen molar-refractivity contribution in [3.63, 3.8) is 0 Å². The van der Waals surface area contributed by atoms with E-state index in [1.165, 1.54) is 0 Å². The smallest absolute Gasteiger partial charge is 0.228 e. The molecule has 0 bridgehead atoms. The predicted molar refractivity (Wildman–Crippen MR) is 96.2 cm³/mol. The molecule has 0 spiro atoms. The third kappa shape index (κ3) is 3.81. The molecule has 2 atom stereocenters. The Morgan fingerprint density at radius 1 is 1.23 bits per heavy atom. The van der Waals surface area contributed by atoms with Gasteiger partial charge in [0.2, 0.25) is 5.91 Å². The van der Waals surface area contributed by atoms with Gasteiger partial charge < -0.3 is 14.1 Å². The number of rotatable bonds is 4. The zero-order valence-corrected chi connectivity index (χ0v) is 15.1. The van der Waals surface area contributed by atoms with Gasteiger partial charge in [0.15, 0.2) is 0 Å². The zero-order valence-electron chi connectivity index (χ0n) is 15.1. The SMILES string of the molecule is Cc1cccc(CN2CCO[C@H]3CN(Cc4ccoc4)CC[C@H]3C2=O)n1. The largest absolute Gasteiger partial charge is 0.472 e. The van der Waals surface area contributed by atoms with E-state index in [2.05, 4.69) is 9.88 Å². The van der Waals surface area contributed by atoms with Crippen molar-refractivity contribution in [1.82, 2.24) is 14.8 Å². The second-order valence-corrected chi connectivity index (χ2v) is 7.20. The number of furan rings is 1. The Hall–Kier alpha value is -2.18. The van der Waals surface area contributed by atoms with E-state index < -0.39 is 0 Å². The highest BCUT2D eigenvalue weighted by molar-refractivity contribution is 5.80. The molecule has 0 aromatic carbocycles. The molecule has 2 aromatic rings. The van der Waals surface area contributed by atoms with Crippen LogP contribution in [-0.2, 0) is 22.6 Å². The standard InChI is InChI=1S/C20H25N3O3/c1-15-3-2-4-17(21-15)12-23-8-10-26-19-13-22(7-5-18(19)20(23)24)11-16-6-9-25-14-16/h2-4,6,9,14,18-19H,5,7-8,10-13H2,1H3/t18-,19+/m1/s1. The van der Waals surface area contributed by atoms with Crippen LogP contribution in [0.25, 0.3) is 0 Å². The third-order valence-corrected chi connectivity index (χ3v) is 5.25. The summed E-state index contributed by atoms with van der Waals surface area (Å²) in [7, 11) is 0. The van der Waals surface area contributed by atoms with Gasteiger partial charge in [-0.15, -0.1) is 0 Å². The Labute approximate surface area is 153 Å². The van der Waals surface area contributed by atoms with Gasteiger partial charge in [-0.3, -0.25) is 14.7 Å². The van der Waals surface area contributed by atoms with Crippen LogP contribution in [0.5, 0.6) is 0 Å². The fourth-order valence-electron chi connectivity index (χ4n) is 3.92. The Morgan fingerprint density at radius 3 is 2.96 bits per heavy atom. The number of piperidine rings is 1. The van der Waals surface area contributed by atoms with Crippen LogP contribution in [0.1, 0.15) is 23.4 Å². The van der Waals surface area contributed by atoms with Gasteiger partial charge in [-0.25, -0.2) is 0 Å². The van der Waals surface area contributed by atoms with Crippen molar-refractivity contribution in [2.45, 2.75) is 32.5 Å². The molecule has 2 fully saturated rings. The number of fused-ring (bicyclic) bond motifs is 1. The van der Waals surface area contributed by atoms with Crippen LogP contribution in [0.2, 0.25) is 0 Å². The lowest BCUT2D eigenvalue weighted by molar-refractivity contribution is -0.139. The van der Waals surface area contributed by atoms with E-state index in [9.17, 15) is 4.79 Å². The van der Waals surface area contributed by atoms with Crippen molar-refractivity contribution < 1.29 is 13.9 Å². The lowest BCUT2D eigenvalue weighted by Crippen LogP contribution is -2.48. The normalized spacial score (nSPS) is 24.3. The number of nitrogens with zero attached hydrogens (tertiary/aromatic N) is 3. The second kappa shape index (κ2) is 7.60. The zero-order chi connectivity index (χ0) is 17.9. The number of carbonyl (C=O) groups is 1. The van der Waals surface area contributed by atoms with Crippen LogP contribution in [-0.4, -0.2) is 53.0 Å². The molecule has 2 aliphatic rings. The van der Waals surface area contributed by atoms with Crippen LogP contribution < -0.4 is 0 Å². The molecular weight excluding hydrogens is 330 g/mol. The molecule has 0 aliphatic carbocycles. The second-order valence-electron chi connectivity index (χ2n) is 7.20. The Balaban J connectivity index is 1.41. The number of ether oxygens (including phenoxy) is 1. The van der Waals surface area contributed by atoms with Crippen molar-refractivity contribution in [2.24, 2.45) is 5.92 Å². The van der Waals surface area contributed by atoms with Crippen LogP contribution in [0.3, 0.4) is 0 Å². The Kier molecular flexibility index (Phi) is 5.04. The maximum Gasteiger partial charge on any atom is 0.228 e. The number of aromatic nitrogens is 1. The number of carbonyl (C=O) groups excluding carboxylic acids is 1. The highest BCUT2D eigenvalue weighted by Gasteiger charge is 2.39. The molecule has 1 amide bonds. The maximum atomic E-state index is 13.1. The maximum absolute atomic E-state index is 13.1. The molecule has 0 radical (unpaired) electrons. The summed E-state index contributed by atoms with van der Waals surface area (Å²) < 4.78 is 11.2. The minimum atomic E-state index is -0.0529. The van der Waals surface area contributed by atoms with E-state index in [1.807, 2.05) is 36.1 Å². The monoisotopic (exact) mass is 355 g/mol. The van der Waals surface area contributed by atoms with Gasteiger partial charge in [0.05, 0.1) is 43.4 Å². The molecule has 2 aliphatic heterocycles. The summed E-state index contributed by atoms with van der Waals surface area (Å²) in [5.74, 6) is 0.154. The topological polar surface area (TPSA) is 58.8 Å². The highest BCUT2D eigenvalue weighted by Crippen LogP contribution is 2.27. The quantitative estimate of drug-likeness (QED) is 0.842. The Bertz CT molecular complexity index is 747. The van der Waals surface area contributed by atoms with Gasteiger partial charge in [0, 0.05) is 30.9 Å². The predicted octanol–water partition coefficient (Wildman–Crippen LogP) is 2.23. The van der Waals surface area contributed by atoms with Gasteiger partial charge in [0.25, 0.3) is 0 Å². The molecule has 2 aromatic heterocycles. The molecule has 4 heterocycles. The average Bonchev–Trinajstić information content (AvgIpc) is 3.08. The molecule has 138 valence electrons. The van der Waals surface area contributed by atoms with E-state index >= 15 is 0 Å².